The van der Waals surface area contributed by atoms with Gasteiger partial charge in [0.25, 0.3) is 5.56 Å². The minimum atomic E-state index is -0.338. The van der Waals surface area contributed by atoms with Crippen LogP contribution in [-0.4, -0.2) is 20.7 Å². The molecule has 0 unspecified atom stereocenters. The molecule has 0 spiro atoms. The van der Waals surface area contributed by atoms with Gasteiger partial charge in [0.2, 0.25) is 11.0 Å². The maximum Gasteiger partial charge on any atom is 0.251 e. The number of hydrogen-bond donors (Lipinski definition) is 2. The Morgan fingerprint density at radius 3 is 2.90 bits per heavy atom. The van der Waals surface area contributed by atoms with Crippen molar-refractivity contribution in [3.8, 4) is 0 Å². The van der Waals surface area contributed by atoms with Gasteiger partial charge in [0.05, 0.1) is 0 Å². The first-order valence-corrected chi connectivity index (χ1v) is 7.34. The molecule has 0 aliphatic heterocycles. The van der Waals surface area contributed by atoms with Crippen LogP contribution < -0.4 is 16.6 Å². The van der Waals surface area contributed by atoms with Crippen molar-refractivity contribution < 1.29 is 4.79 Å². The van der Waals surface area contributed by atoms with Gasteiger partial charge in [-0.25, -0.2) is 0 Å². The molecule has 0 aliphatic carbocycles. The van der Waals surface area contributed by atoms with Crippen molar-refractivity contribution in [2.24, 2.45) is 5.92 Å². The van der Waals surface area contributed by atoms with Gasteiger partial charge < -0.3 is 10.3 Å². The largest absolute Gasteiger partial charge is 0.398 e. The van der Waals surface area contributed by atoms with Crippen LogP contribution in [0.2, 0.25) is 0 Å². The molecule has 112 valence electrons. The van der Waals surface area contributed by atoms with E-state index >= 15 is 0 Å². The first-order valence-electron chi connectivity index (χ1n) is 6.52. The molecule has 2 heterocycles. The molecule has 2 rings (SSSR count). The number of rotatable bonds is 5. The topological polar surface area (TPSA) is 103 Å². The molecule has 7 nitrogen and oxygen atoms in total. The summed E-state index contributed by atoms with van der Waals surface area (Å²) in [5, 5.41) is 11.9. The molecule has 3 N–H and O–H groups in total. The zero-order chi connectivity index (χ0) is 15.4. The smallest absolute Gasteiger partial charge is 0.251 e. The highest BCUT2D eigenvalue weighted by atomic mass is 32.1. The van der Waals surface area contributed by atoms with Crippen molar-refractivity contribution in [3.05, 3.63) is 33.7 Å². The van der Waals surface area contributed by atoms with Gasteiger partial charge in [0.1, 0.15) is 11.6 Å². The molecule has 0 atom stereocenters. The fourth-order valence-corrected chi connectivity index (χ4v) is 2.69. The third-order valence-electron chi connectivity index (χ3n) is 2.62. The van der Waals surface area contributed by atoms with Gasteiger partial charge in [0, 0.05) is 24.4 Å². The molecule has 0 aromatic carbocycles. The van der Waals surface area contributed by atoms with Gasteiger partial charge in [-0.2, -0.15) is 0 Å². The Bertz CT molecular complexity index is 692. The van der Waals surface area contributed by atoms with Crippen molar-refractivity contribution >= 4 is 28.1 Å². The molecule has 0 fully saturated rings. The van der Waals surface area contributed by atoms with E-state index in [1.807, 2.05) is 0 Å². The summed E-state index contributed by atoms with van der Waals surface area (Å²) in [5.74, 6) is 0.141. The van der Waals surface area contributed by atoms with Crippen molar-refractivity contribution in [1.29, 1.82) is 0 Å². The molecule has 0 aliphatic rings. The highest BCUT2D eigenvalue weighted by Crippen LogP contribution is 2.18. The van der Waals surface area contributed by atoms with Crippen molar-refractivity contribution in [1.82, 2.24) is 14.8 Å². The number of pyridine rings is 1. The summed E-state index contributed by atoms with van der Waals surface area (Å²) in [4.78, 5) is 23.5. The minimum absolute atomic E-state index is 0.108. The summed E-state index contributed by atoms with van der Waals surface area (Å²) >= 11 is 1.34. The molecule has 0 bridgehead atoms. The Labute approximate surface area is 125 Å². The van der Waals surface area contributed by atoms with Crippen LogP contribution in [0.25, 0.3) is 0 Å². The van der Waals surface area contributed by atoms with Crippen LogP contribution in [0.4, 0.5) is 10.8 Å². The lowest BCUT2D eigenvalue weighted by molar-refractivity contribution is -0.116. The van der Waals surface area contributed by atoms with Crippen LogP contribution in [0, 0.1) is 5.92 Å². The molecular formula is C13H17N5O2S. The summed E-state index contributed by atoms with van der Waals surface area (Å²) in [7, 11) is 0. The fourth-order valence-electron chi connectivity index (χ4n) is 1.72. The Kier molecular flexibility index (Phi) is 4.69. The number of anilines is 2. The van der Waals surface area contributed by atoms with Crippen molar-refractivity contribution in [3.63, 3.8) is 0 Å². The van der Waals surface area contributed by atoms with Gasteiger partial charge in [0.15, 0.2) is 0 Å². The van der Waals surface area contributed by atoms with Gasteiger partial charge >= 0.3 is 0 Å². The minimum Gasteiger partial charge on any atom is -0.398 e. The molecule has 0 saturated heterocycles. The molecule has 2 aromatic heterocycles. The summed E-state index contributed by atoms with van der Waals surface area (Å²) in [6.45, 7) is 4.07. The fraction of sp³-hybridized carbons (Fsp3) is 0.385. The van der Waals surface area contributed by atoms with Gasteiger partial charge in [-0.1, -0.05) is 25.2 Å². The third-order valence-corrected chi connectivity index (χ3v) is 3.48. The lowest BCUT2D eigenvalue weighted by Crippen LogP contribution is -2.26. The van der Waals surface area contributed by atoms with E-state index in [1.54, 1.807) is 0 Å². The normalized spacial score (nSPS) is 10.8. The molecule has 2 aromatic rings. The number of nitrogen functional groups attached to an aromatic ring is 1. The van der Waals surface area contributed by atoms with Gasteiger partial charge in [-0.3, -0.25) is 14.9 Å². The average Bonchev–Trinajstić information content (AvgIpc) is 2.80. The van der Waals surface area contributed by atoms with Crippen LogP contribution in [0.1, 0.15) is 18.9 Å². The second-order valence-corrected chi connectivity index (χ2v) is 6.14. The van der Waals surface area contributed by atoms with Gasteiger partial charge in [-0.05, 0) is 12.0 Å². The second kappa shape index (κ2) is 6.49. The molecule has 0 radical (unpaired) electrons. The lowest BCUT2D eigenvalue weighted by Gasteiger charge is -2.05. The summed E-state index contributed by atoms with van der Waals surface area (Å²) in [5.41, 5.74) is 5.74. The monoisotopic (exact) mass is 307 g/mol. The second-order valence-electron chi connectivity index (χ2n) is 5.08. The number of amides is 1. The van der Waals surface area contributed by atoms with E-state index in [4.69, 9.17) is 5.73 Å². The predicted octanol–water partition coefficient (Wildman–Crippen LogP) is 1.12. The summed E-state index contributed by atoms with van der Waals surface area (Å²) < 4.78 is 1.25. The lowest BCUT2D eigenvalue weighted by atomic mass is 10.1. The maximum atomic E-state index is 11.9. The SMILES string of the molecule is CC(C)Cc1nnc(NC(=O)Cn2cc(N)ccc2=O)s1. The van der Waals surface area contributed by atoms with Crippen LogP contribution in [0.5, 0.6) is 0 Å². The van der Waals surface area contributed by atoms with E-state index in [2.05, 4.69) is 29.4 Å². The maximum absolute atomic E-state index is 11.9. The first kappa shape index (κ1) is 15.2. The Balaban J connectivity index is 2.00. The number of hydrogen-bond acceptors (Lipinski definition) is 6. The Morgan fingerprint density at radius 1 is 1.43 bits per heavy atom. The number of carbonyl (C=O) groups excluding carboxylic acids is 1. The number of nitrogens with one attached hydrogen (secondary N) is 1. The van der Waals surface area contributed by atoms with E-state index in [0.29, 0.717) is 16.7 Å². The van der Waals surface area contributed by atoms with E-state index in [9.17, 15) is 9.59 Å². The summed E-state index contributed by atoms with van der Waals surface area (Å²) in [6.07, 6.45) is 2.26. The molecule has 0 saturated carbocycles. The van der Waals surface area contributed by atoms with Crippen LogP contribution in [-0.2, 0) is 17.8 Å². The molecule has 21 heavy (non-hydrogen) atoms. The Morgan fingerprint density at radius 2 is 2.19 bits per heavy atom. The quantitative estimate of drug-likeness (QED) is 0.861. The number of aromatic nitrogens is 3. The number of nitrogens with two attached hydrogens (primary N) is 1. The molecule has 8 heteroatoms. The third kappa shape index (κ3) is 4.38. The zero-order valence-electron chi connectivity index (χ0n) is 11.9. The molecular weight excluding hydrogens is 290 g/mol. The summed E-state index contributed by atoms with van der Waals surface area (Å²) in [6, 6.07) is 2.83. The number of nitrogens with zero attached hydrogens (tertiary/aromatic N) is 3. The van der Waals surface area contributed by atoms with E-state index < -0.39 is 0 Å². The van der Waals surface area contributed by atoms with E-state index in [1.165, 1.54) is 34.2 Å². The van der Waals surface area contributed by atoms with Crippen LogP contribution in [0.3, 0.4) is 0 Å². The zero-order valence-corrected chi connectivity index (χ0v) is 12.7. The average molecular weight is 307 g/mol. The Hall–Kier alpha value is -2.22. The van der Waals surface area contributed by atoms with Crippen LogP contribution >= 0.6 is 11.3 Å². The van der Waals surface area contributed by atoms with Crippen LogP contribution in [0.15, 0.2) is 23.1 Å². The van der Waals surface area contributed by atoms with Crippen molar-refractivity contribution in [2.45, 2.75) is 26.8 Å². The highest BCUT2D eigenvalue weighted by molar-refractivity contribution is 7.15. The standard InChI is InChI=1S/C13H17N5O2S/c1-8(2)5-11-16-17-13(21-11)15-10(19)7-18-6-9(14)3-4-12(18)20/h3-4,6,8H,5,7,14H2,1-2H3,(H,15,17,19). The highest BCUT2D eigenvalue weighted by Gasteiger charge is 2.10. The van der Waals surface area contributed by atoms with E-state index in [-0.39, 0.29) is 18.0 Å². The number of carbonyl (C=O) groups is 1. The first-order chi connectivity index (χ1) is 9.94. The van der Waals surface area contributed by atoms with Gasteiger partial charge in [-0.15, -0.1) is 10.2 Å². The van der Waals surface area contributed by atoms with E-state index in [0.717, 1.165) is 11.4 Å². The predicted molar refractivity (Wildman–Crippen MR) is 82.2 cm³/mol. The van der Waals surface area contributed by atoms with Crippen molar-refractivity contribution in [2.75, 3.05) is 11.1 Å². The molecule has 1 amide bonds.